The summed E-state index contributed by atoms with van der Waals surface area (Å²) in [5, 5.41) is 15.3. The zero-order valence-corrected chi connectivity index (χ0v) is 12.8. The van der Waals surface area contributed by atoms with Crippen molar-refractivity contribution in [1.29, 1.82) is 0 Å². The largest absolute Gasteiger partial charge is 0.324 e. The molecule has 22 heavy (non-hydrogen) atoms. The third kappa shape index (κ3) is 2.35. The Labute approximate surface area is 131 Å². The monoisotopic (exact) mass is 312 g/mol. The number of carbonyl (C=O) groups excluding carboxylic acids is 1. The van der Waals surface area contributed by atoms with E-state index in [-0.39, 0.29) is 6.03 Å². The number of benzene rings is 1. The summed E-state index contributed by atoms with van der Waals surface area (Å²) in [6, 6.07) is 8.16. The van der Waals surface area contributed by atoms with Crippen molar-refractivity contribution < 1.29 is 4.79 Å². The number of rotatable bonds is 2. The number of anilines is 1. The minimum Gasteiger partial charge on any atom is -0.324 e. The molecule has 5 nitrogen and oxygen atoms in total. The summed E-state index contributed by atoms with van der Waals surface area (Å²) in [7, 11) is 0. The molecule has 1 saturated heterocycles. The second-order valence-electron chi connectivity index (χ2n) is 5.47. The first-order valence-electron chi connectivity index (χ1n) is 7.38. The predicted molar refractivity (Wildman–Crippen MR) is 89.2 cm³/mol. The fraction of sp³-hybridized carbons (Fsp3) is 0.250. The van der Waals surface area contributed by atoms with E-state index in [1.807, 2.05) is 11.0 Å². The molecule has 1 aliphatic rings. The summed E-state index contributed by atoms with van der Waals surface area (Å²) >= 11 is 1.68. The second kappa shape index (κ2) is 5.46. The van der Waals surface area contributed by atoms with Crippen LogP contribution in [0.25, 0.3) is 22.0 Å². The van der Waals surface area contributed by atoms with Crippen LogP contribution >= 0.6 is 11.3 Å². The SMILES string of the molecule is O=C(Nc1n[nH]c2cc(-c3ccsc3)ccc12)N1CCCC1. The number of urea groups is 1. The van der Waals surface area contributed by atoms with Crippen LogP contribution in [0.1, 0.15) is 12.8 Å². The highest BCUT2D eigenvalue weighted by Crippen LogP contribution is 2.28. The molecule has 0 atom stereocenters. The molecule has 0 spiro atoms. The lowest BCUT2D eigenvalue weighted by Crippen LogP contribution is -2.32. The minimum absolute atomic E-state index is 0.0622. The van der Waals surface area contributed by atoms with Crippen LogP contribution in [-0.4, -0.2) is 34.2 Å². The van der Waals surface area contributed by atoms with Gasteiger partial charge in [-0.05, 0) is 52.9 Å². The summed E-state index contributed by atoms with van der Waals surface area (Å²) in [6.07, 6.45) is 2.16. The highest BCUT2D eigenvalue weighted by Gasteiger charge is 2.19. The lowest BCUT2D eigenvalue weighted by molar-refractivity contribution is 0.222. The van der Waals surface area contributed by atoms with Gasteiger partial charge in [-0.1, -0.05) is 6.07 Å². The van der Waals surface area contributed by atoms with Gasteiger partial charge in [0.2, 0.25) is 0 Å². The Kier molecular flexibility index (Phi) is 3.31. The van der Waals surface area contributed by atoms with Crippen molar-refractivity contribution in [3.8, 4) is 11.1 Å². The quantitative estimate of drug-likeness (QED) is 0.753. The fourth-order valence-electron chi connectivity index (χ4n) is 2.82. The maximum Gasteiger partial charge on any atom is 0.323 e. The first-order valence-corrected chi connectivity index (χ1v) is 8.32. The second-order valence-corrected chi connectivity index (χ2v) is 6.25. The van der Waals surface area contributed by atoms with E-state index in [9.17, 15) is 4.79 Å². The van der Waals surface area contributed by atoms with E-state index in [0.717, 1.165) is 42.4 Å². The molecule has 2 N–H and O–H groups in total. The van der Waals surface area contributed by atoms with E-state index in [1.165, 1.54) is 5.56 Å². The maximum absolute atomic E-state index is 12.2. The number of fused-ring (bicyclic) bond motifs is 1. The number of H-pyrrole nitrogens is 1. The van der Waals surface area contributed by atoms with Gasteiger partial charge < -0.3 is 4.90 Å². The Hall–Kier alpha value is -2.34. The third-order valence-electron chi connectivity index (χ3n) is 4.04. The Bertz CT molecular complexity index is 803. The molecule has 0 bridgehead atoms. The summed E-state index contributed by atoms with van der Waals surface area (Å²) in [5.41, 5.74) is 3.28. The zero-order chi connectivity index (χ0) is 14.9. The summed E-state index contributed by atoms with van der Waals surface area (Å²) in [5.74, 6) is 0.601. The van der Waals surface area contributed by atoms with Gasteiger partial charge >= 0.3 is 6.03 Å². The first-order chi connectivity index (χ1) is 10.8. The number of carbonyl (C=O) groups is 1. The zero-order valence-electron chi connectivity index (χ0n) is 12.0. The molecule has 6 heteroatoms. The van der Waals surface area contributed by atoms with Crippen molar-refractivity contribution in [2.45, 2.75) is 12.8 Å². The van der Waals surface area contributed by atoms with Crippen molar-refractivity contribution >= 4 is 34.1 Å². The number of hydrogen-bond acceptors (Lipinski definition) is 3. The molecule has 2 amide bonds. The molecule has 1 aromatic carbocycles. The standard InChI is InChI=1S/C16H16N4OS/c21-16(20-6-1-2-7-20)17-15-13-4-3-11(9-14(13)18-19-15)12-5-8-22-10-12/h3-5,8-10H,1-2,6-7H2,(H2,17,18,19,21). The molecule has 3 heterocycles. The highest BCUT2D eigenvalue weighted by molar-refractivity contribution is 7.08. The van der Waals surface area contributed by atoms with Crippen molar-refractivity contribution in [1.82, 2.24) is 15.1 Å². The molecular formula is C16H16N4OS. The summed E-state index contributed by atoms with van der Waals surface area (Å²) in [4.78, 5) is 14.0. The minimum atomic E-state index is -0.0622. The van der Waals surface area contributed by atoms with E-state index in [0.29, 0.717) is 5.82 Å². The molecule has 112 valence electrons. The van der Waals surface area contributed by atoms with Gasteiger partial charge in [-0.15, -0.1) is 0 Å². The molecule has 1 fully saturated rings. The van der Waals surface area contributed by atoms with Crippen LogP contribution in [0.5, 0.6) is 0 Å². The van der Waals surface area contributed by atoms with Gasteiger partial charge in [0.05, 0.1) is 5.52 Å². The van der Waals surface area contributed by atoms with Gasteiger partial charge in [-0.25, -0.2) is 4.79 Å². The van der Waals surface area contributed by atoms with Crippen molar-refractivity contribution in [2.24, 2.45) is 0 Å². The van der Waals surface area contributed by atoms with Crippen molar-refractivity contribution in [3.05, 3.63) is 35.0 Å². The molecular weight excluding hydrogens is 296 g/mol. The lowest BCUT2D eigenvalue weighted by Gasteiger charge is -2.14. The normalized spacial score (nSPS) is 14.6. The predicted octanol–water partition coefficient (Wildman–Crippen LogP) is 3.92. The number of nitrogens with one attached hydrogen (secondary N) is 2. The highest BCUT2D eigenvalue weighted by atomic mass is 32.1. The van der Waals surface area contributed by atoms with Gasteiger partial charge in [0.15, 0.2) is 5.82 Å². The van der Waals surface area contributed by atoms with Crippen molar-refractivity contribution in [2.75, 3.05) is 18.4 Å². The van der Waals surface area contributed by atoms with Gasteiger partial charge in [-0.3, -0.25) is 10.4 Å². The molecule has 4 rings (SSSR count). The van der Waals surface area contributed by atoms with Gasteiger partial charge in [0.25, 0.3) is 0 Å². The third-order valence-corrected chi connectivity index (χ3v) is 4.72. The summed E-state index contributed by atoms with van der Waals surface area (Å²) in [6.45, 7) is 1.66. The van der Waals surface area contributed by atoms with Crippen LogP contribution in [0.4, 0.5) is 10.6 Å². The van der Waals surface area contributed by atoms with Crippen LogP contribution < -0.4 is 5.32 Å². The molecule has 0 radical (unpaired) electrons. The van der Waals surface area contributed by atoms with E-state index in [1.54, 1.807) is 11.3 Å². The number of hydrogen-bond donors (Lipinski definition) is 2. The van der Waals surface area contributed by atoms with Gasteiger partial charge in [0.1, 0.15) is 0 Å². The van der Waals surface area contributed by atoms with Crippen LogP contribution in [0, 0.1) is 0 Å². The van der Waals surface area contributed by atoms with E-state index in [2.05, 4.69) is 44.5 Å². The van der Waals surface area contributed by atoms with Crippen LogP contribution in [-0.2, 0) is 0 Å². The Morgan fingerprint density at radius 3 is 2.86 bits per heavy atom. The van der Waals surface area contributed by atoms with Crippen molar-refractivity contribution in [3.63, 3.8) is 0 Å². The first kappa shape index (κ1) is 13.3. The molecule has 0 saturated carbocycles. The Morgan fingerprint density at radius 1 is 1.23 bits per heavy atom. The van der Waals surface area contributed by atoms with E-state index >= 15 is 0 Å². The average molecular weight is 312 g/mol. The number of thiophene rings is 1. The van der Waals surface area contributed by atoms with Crippen LogP contribution in [0.3, 0.4) is 0 Å². The molecule has 0 aliphatic carbocycles. The molecule has 2 aromatic heterocycles. The number of amides is 2. The van der Waals surface area contributed by atoms with Gasteiger partial charge in [0, 0.05) is 18.5 Å². The fourth-order valence-corrected chi connectivity index (χ4v) is 3.49. The molecule has 3 aromatic rings. The van der Waals surface area contributed by atoms with Gasteiger partial charge in [-0.2, -0.15) is 16.4 Å². The number of aromatic nitrogens is 2. The van der Waals surface area contributed by atoms with E-state index in [4.69, 9.17) is 0 Å². The van der Waals surface area contributed by atoms with E-state index < -0.39 is 0 Å². The van der Waals surface area contributed by atoms with Crippen LogP contribution in [0.15, 0.2) is 35.0 Å². The summed E-state index contributed by atoms with van der Waals surface area (Å²) < 4.78 is 0. The molecule has 1 aliphatic heterocycles. The number of nitrogens with zero attached hydrogens (tertiary/aromatic N) is 2. The molecule has 0 unspecified atom stereocenters. The smallest absolute Gasteiger partial charge is 0.323 e. The maximum atomic E-state index is 12.2. The average Bonchev–Trinajstić information content (AvgIpc) is 3.29. The number of likely N-dealkylation sites (tertiary alicyclic amines) is 1. The van der Waals surface area contributed by atoms with Crippen LogP contribution in [0.2, 0.25) is 0 Å². The topological polar surface area (TPSA) is 61.0 Å². The lowest BCUT2D eigenvalue weighted by atomic mass is 10.1. The Morgan fingerprint density at radius 2 is 2.09 bits per heavy atom. The Balaban J connectivity index is 1.61. The number of aromatic amines is 1.